The second kappa shape index (κ2) is 6.68. The molecule has 0 amide bonds. The lowest BCUT2D eigenvalue weighted by atomic mass is 10.1. The summed E-state index contributed by atoms with van der Waals surface area (Å²) in [6.45, 7) is 2.70. The minimum Gasteiger partial charge on any atom is -0.465 e. The van der Waals surface area contributed by atoms with Gasteiger partial charge in [-0.2, -0.15) is 0 Å². The molecule has 0 saturated carbocycles. The number of aryl methyl sites for hydroxylation is 2. The molecule has 7 nitrogen and oxygen atoms in total. The molecule has 0 bridgehead atoms. The number of ether oxygens (including phenoxy) is 1. The van der Waals surface area contributed by atoms with Gasteiger partial charge in [-0.3, -0.25) is 14.2 Å². The summed E-state index contributed by atoms with van der Waals surface area (Å²) in [5.74, 6) is -0.694. The number of carbonyl (C=O) groups excluding carboxylic acids is 1. The third-order valence-corrected chi connectivity index (χ3v) is 3.79. The van der Waals surface area contributed by atoms with Gasteiger partial charge in [-0.25, -0.2) is 4.79 Å². The van der Waals surface area contributed by atoms with Crippen molar-refractivity contribution >= 4 is 22.7 Å². The van der Waals surface area contributed by atoms with Gasteiger partial charge in [-0.15, -0.1) is 0 Å². The molecule has 0 saturated heterocycles. The van der Waals surface area contributed by atoms with Gasteiger partial charge in [-0.1, -0.05) is 13.3 Å². The number of pyridine rings is 2. The van der Waals surface area contributed by atoms with Gasteiger partial charge in [0.2, 0.25) is 5.43 Å². The van der Waals surface area contributed by atoms with Crippen LogP contribution in [0.25, 0.3) is 11.0 Å². The fraction of sp³-hybridized carbons (Fsp3) is 0.438. The number of methoxy groups -OCH3 is 1. The van der Waals surface area contributed by atoms with E-state index in [1.165, 1.54) is 23.9 Å². The van der Waals surface area contributed by atoms with Crippen molar-refractivity contribution in [2.24, 2.45) is 14.1 Å². The number of hydrogen-bond acceptors (Lipinski definition) is 5. The molecule has 0 fully saturated rings. The fourth-order valence-electron chi connectivity index (χ4n) is 2.56. The van der Waals surface area contributed by atoms with Crippen LogP contribution >= 0.6 is 0 Å². The first-order chi connectivity index (χ1) is 10.9. The van der Waals surface area contributed by atoms with Crippen molar-refractivity contribution in [1.29, 1.82) is 0 Å². The largest absolute Gasteiger partial charge is 0.465 e. The van der Waals surface area contributed by atoms with Gasteiger partial charge in [0.05, 0.1) is 18.2 Å². The molecule has 2 heterocycles. The molecule has 7 heteroatoms. The molecule has 0 aromatic carbocycles. The van der Waals surface area contributed by atoms with E-state index >= 15 is 0 Å². The van der Waals surface area contributed by atoms with Crippen LogP contribution in [-0.2, 0) is 18.8 Å². The maximum atomic E-state index is 12.7. The third-order valence-electron chi connectivity index (χ3n) is 3.79. The van der Waals surface area contributed by atoms with Crippen molar-refractivity contribution in [1.82, 2.24) is 9.13 Å². The summed E-state index contributed by atoms with van der Waals surface area (Å²) in [6.07, 6.45) is 3.29. The van der Waals surface area contributed by atoms with Gasteiger partial charge >= 0.3 is 5.97 Å². The van der Waals surface area contributed by atoms with Gasteiger partial charge in [0.1, 0.15) is 11.2 Å². The molecule has 2 rings (SSSR count). The van der Waals surface area contributed by atoms with Crippen molar-refractivity contribution in [3.8, 4) is 0 Å². The Morgan fingerprint density at radius 3 is 2.61 bits per heavy atom. The number of carbonyl (C=O) groups is 1. The Labute approximate surface area is 133 Å². The van der Waals surface area contributed by atoms with E-state index in [2.05, 4.69) is 17.0 Å². The molecule has 2 aromatic rings. The number of aromatic nitrogens is 2. The van der Waals surface area contributed by atoms with Crippen LogP contribution in [0.2, 0.25) is 0 Å². The molecule has 0 spiro atoms. The lowest BCUT2D eigenvalue weighted by Gasteiger charge is -2.15. The summed E-state index contributed by atoms with van der Waals surface area (Å²) in [6, 6.07) is 1.39. The zero-order chi connectivity index (χ0) is 17.1. The minimum atomic E-state index is -0.694. The Bertz CT molecular complexity index is 864. The van der Waals surface area contributed by atoms with Crippen molar-refractivity contribution in [3.63, 3.8) is 0 Å². The van der Waals surface area contributed by atoms with Crippen LogP contribution in [0.3, 0.4) is 0 Å². The molecule has 0 aliphatic rings. The Morgan fingerprint density at radius 1 is 1.30 bits per heavy atom. The quantitative estimate of drug-likeness (QED) is 0.662. The highest BCUT2D eigenvalue weighted by molar-refractivity contribution is 5.97. The number of rotatable bonds is 5. The number of nitrogens with one attached hydrogen (secondary N) is 1. The molecular formula is C16H21N3O4. The Hall–Kier alpha value is -2.57. The Balaban J connectivity index is 2.82. The smallest absolute Gasteiger partial charge is 0.343 e. The summed E-state index contributed by atoms with van der Waals surface area (Å²) >= 11 is 0. The second-order valence-electron chi connectivity index (χ2n) is 5.41. The number of esters is 1. The molecule has 1 N–H and O–H groups in total. The molecule has 0 unspecified atom stereocenters. The highest BCUT2D eigenvalue weighted by Crippen LogP contribution is 2.18. The van der Waals surface area contributed by atoms with E-state index in [1.807, 2.05) is 0 Å². The van der Waals surface area contributed by atoms with Crippen LogP contribution in [-0.4, -0.2) is 28.8 Å². The molecule has 0 aliphatic heterocycles. The van der Waals surface area contributed by atoms with Crippen molar-refractivity contribution in [3.05, 3.63) is 38.4 Å². The first-order valence-electron chi connectivity index (χ1n) is 7.47. The van der Waals surface area contributed by atoms with E-state index in [-0.39, 0.29) is 11.1 Å². The molecule has 2 aromatic heterocycles. The van der Waals surface area contributed by atoms with Gasteiger partial charge in [0.25, 0.3) is 5.56 Å². The normalized spacial score (nSPS) is 10.8. The monoisotopic (exact) mass is 319 g/mol. The minimum absolute atomic E-state index is 0.0558. The molecular weight excluding hydrogens is 298 g/mol. The van der Waals surface area contributed by atoms with E-state index in [4.69, 9.17) is 0 Å². The van der Waals surface area contributed by atoms with Gasteiger partial charge in [0, 0.05) is 32.9 Å². The molecule has 0 radical (unpaired) electrons. The van der Waals surface area contributed by atoms with E-state index in [0.717, 1.165) is 12.8 Å². The number of fused-ring (bicyclic) bond motifs is 1. The summed E-state index contributed by atoms with van der Waals surface area (Å²) in [5.41, 5.74) is 0.175. The lowest BCUT2D eigenvalue weighted by Crippen LogP contribution is -2.27. The maximum absolute atomic E-state index is 12.7. The van der Waals surface area contributed by atoms with Crippen LogP contribution in [0.1, 0.15) is 30.1 Å². The van der Waals surface area contributed by atoms with Gasteiger partial charge in [0.15, 0.2) is 0 Å². The van der Waals surface area contributed by atoms with E-state index in [9.17, 15) is 14.4 Å². The zero-order valence-electron chi connectivity index (χ0n) is 13.8. The van der Waals surface area contributed by atoms with E-state index in [0.29, 0.717) is 23.3 Å². The number of nitrogens with zero attached hydrogens (tertiary/aromatic N) is 2. The Kier molecular flexibility index (Phi) is 4.88. The second-order valence-corrected chi connectivity index (χ2v) is 5.41. The zero-order valence-corrected chi connectivity index (χ0v) is 13.8. The Morgan fingerprint density at radius 2 is 2.00 bits per heavy atom. The summed E-state index contributed by atoms with van der Waals surface area (Å²) < 4.78 is 7.66. The summed E-state index contributed by atoms with van der Waals surface area (Å²) in [4.78, 5) is 36.7. The van der Waals surface area contributed by atoms with Crippen molar-refractivity contribution < 1.29 is 9.53 Å². The average Bonchev–Trinajstić information content (AvgIpc) is 2.53. The van der Waals surface area contributed by atoms with Crippen LogP contribution < -0.4 is 16.3 Å². The number of unbranched alkanes of at least 4 members (excludes halogenated alkanes) is 1. The predicted molar refractivity (Wildman–Crippen MR) is 89.2 cm³/mol. The van der Waals surface area contributed by atoms with Crippen LogP contribution in [0.4, 0.5) is 5.69 Å². The van der Waals surface area contributed by atoms with Crippen molar-refractivity contribution in [2.45, 2.75) is 19.8 Å². The van der Waals surface area contributed by atoms with E-state index in [1.54, 1.807) is 18.7 Å². The third kappa shape index (κ3) is 2.99. The lowest BCUT2D eigenvalue weighted by molar-refractivity contribution is 0.0598. The van der Waals surface area contributed by atoms with Crippen LogP contribution in [0.15, 0.2) is 21.9 Å². The van der Waals surface area contributed by atoms with E-state index < -0.39 is 11.4 Å². The fourth-order valence-corrected chi connectivity index (χ4v) is 2.56. The predicted octanol–water partition coefficient (Wildman–Crippen LogP) is 1.24. The SMILES string of the molecule is CCCCNc1cc(=O)n(C)c2c1c(=O)c(C(=O)OC)cn2C. The maximum Gasteiger partial charge on any atom is 0.343 e. The first-order valence-corrected chi connectivity index (χ1v) is 7.47. The van der Waals surface area contributed by atoms with Crippen LogP contribution in [0, 0.1) is 0 Å². The van der Waals surface area contributed by atoms with Crippen LogP contribution in [0.5, 0.6) is 0 Å². The highest BCUT2D eigenvalue weighted by Gasteiger charge is 2.19. The number of hydrogen-bond donors (Lipinski definition) is 1. The van der Waals surface area contributed by atoms with Gasteiger partial charge in [-0.05, 0) is 6.42 Å². The molecule has 124 valence electrons. The van der Waals surface area contributed by atoms with Gasteiger partial charge < -0.3 is 14.6 Å². The highest BCUT2D eigenvalue weighted by atomic mass is 16.5. The number of anilines is 1. The van der Waals surface area contributed by atoms with Crippen molar-refractivity contribution in [2.75, 3.05) is 19.0 Å². The molecule has 0 aliphatic carbocycles. The molecule has 23 heavy (non-hydrogen) atoms. The topological polar surface area (TPSA) is 82.3 Å². The standard InChI is InChI=1S/C16H21N3O4/c1-5-6-7-17-11-8-12(20)19(3)15-13(11)14(21)10(9-18(15)2)16(22)23-4/h8-9,17H,5-7H2,1-4H3. The average molecular weight is 319 g/mol. The first kappa shape index (κ1) is 16.8. The molecule has 0 atom stereocenters. The summed E-state index contributed by atoms with van der Waals surface area (Å²) in [5, 5.41) is 3.44. The summed E-state index contributed by atoms with van der Waals surface area (Å²) in [7, 11) is 4.51.